The molecule has 0 heterocycles. The summed E-state index contributed by atoms with van der Waals surface area (Å²) in [6.45, 7) is 8.35. The lowest BCUT2D eigenvalue weighted by atomic mass is 10.1. The van der Waals surface area contributed by atoms with Crippen LogP contribution >= 0.6 is 11.6 Å². The van der Waals surface area contributed by atoms with Crippen molar-refractivity contribution in [2.24, 2.45) is 0 Å². The van der Waals surface area contributed by atoms with Crippen molar-refractivity contribution in [1.29, 1.82) is 0 Å². The van der Waals surface area contributed by atoms with Crippen LogP contribution < -0.4 is 12.4 Å². The highest BCUT2D eigenvalue weighted by Gasteiger charge is 2.19. The highest BCUT2D eigenvalue weighted by atomic mass is 35.5. The van der Waals surface area contributed by atoms with Crippen LogP contribution in [0.3, 0.4) is 0 Å². The third-order valence-corrected chi connectivity index (χ3v) is 4.40. The van der Waals surface area contributed by atoms with E-state index in [0.29, 0.717) is 0 Å². The van der Waals surface area contributed by atoms with Gasteiger partial charge in [-0.05, 0) is 25.7 Å². The van der Waals surface area contributed by atoms with Crippen LogP contribution in [0.15, 0.2) is 0 Å². The Bertz CT molecular complexity index is 172. The zero-order valence-electron chi connectivity index (χ0n) is 14.1. The minimum absolute atomic E-state index is 0. The molecule has 0 unspecified atom stereocenters. The van der Waals surface area contributed by atoms with Gasteiger partial charge in [0.15, 0.2) is 0 Å². The van der Waals surface area contributed by atoms with E-state index in [4.69, 9.17) is 11.6 Å². The van der Waals surface area contributed by atoms with Crippen LogP contribution in [-0.4, -0.2) is 37.0 Å². The Morgan fingerprint density at radius 2 is 1.05 bits per heavy atom. The molecule has 0 radical (unpaired) electrons. The van der Waals surface area contributed by atoms with Gasteiger partial charge in [0.05, 0.1) is 32.6 Å². The molecule has 0 aromatic rings. The summed E-state index contributed by atoms with van der Waals surface area (Å²) in [6.07, 6.45) is 13.9. The quantitative estimate of drug-likeness (QED) is 0.261. The molecule has 124 valence electrons. The summed E-state index contributed by atoms with van der Waals surface area (Å²) in [7, 11) is 2.40. The van der Waals surface area contributed by atoms with Crippen molar-refractivity contribution in [3.63, 3.8) is 0 Å². The Morgan fingerprint density at radius 3 is 1.40 bits per heavy atom. The number of hydrogen-bond donors (Lipinski definition) is 0. The average molecular weight is 326 g/mol. The SMILES string of the molecule is CCCCCCC[N+](C)(CCCl)CCCCCCC.[Cl-]. The van der Waals surface area contributed by atoms with Crippen LogP contribution in [0.25, 0.3) is 0 Å². The van der Waals surface area contributed by atoms with Crippen molar-refractivity contribution in [3.8, 4) is 0 Å². The number of nitrogens with zero attached hydrogens (tertiary/aromatic N) is 1. The van der Waals surface area contributed by atoms with E-state index >= 15 is 0 Å². The molecule has 0 fully saturated rings. The molecule has 0 rings (SSSR count). The minimum atomic E-state index is 0. The molecule has 0 atom stereocenters. The van der Waals surface area contributed by atoms with Crippen molar-refractivity contribution in [2.45, 2.75) is 78.1 Å². The van der Waals surface area contributed by atoms with Gasteiger partial charge in [-0.25, -0.2) is 0 Å². The maximum Gasteiger partial charge on any atom is 0.0922 e. The third kappa shape index (κ3) is 13.5. The first-order valence-electron chi connectivity index (χ1n) is 8.58. The summed E-state index contributed by atoms with van der Waals surface area (Å²) in [5, 5.41) is 0. The maximum absolute atomic E-state index is 6.00. The number of rotatable bonds is 14. The Hall–Kier alpha value is 0.540. The van der Waals surface area contributed by atoms with Crippen molar-refractivity contribution < 1.29 is 16.9 Å². The molecule has 0 spiro atoms. The van der Waals surface area contributed by atoms with Gasteiger partial charge in [0.1, 0.15) is 0 Å². The van der Waals surface area contributed by atoms with Gasteiger partial charge in [0.2, 0.25) is 0 Å². The summed E-state index contributed by atoms with van der Waals surface area (Å²) in [5.41, 5.74) is 0. The molecule has 0 aliphatic rings. The van der Waals surface area contributed by atoms with Crippen LogP contribution in [0.5, 0.6) is 0 Å². The molecule has 0 bridgehead atoms. The van der Waals surface area contributed by atoms with E-state index in [1.807, 2.05) is 0 Å². The first-order valence-corrected chi connectivity index (χ1v) is 9.11. The predicted octanol–water partition coefficient (Wildman–Crippen LogP) is 2.62. The standard InChI is InChI=1S/C17H37ClN.ClH/c1-4-6-8-10-12-15-19(3,17-14-18)16-13-11-9-7-5-2;/h4-17H2,1-3H3;1H/q+1;/p-1. The molecule has 1 nitrogen and oxygen atoms in total. The van der Waals surface area contributed by atoms with Crippen LogP contribution in [0, 0.1) is 0 Å². The van der Waals surface area contributed by atoms with Crippen molar-refractivity contribution in [2.75, 3.05) is 32.6 Å². The van der Waals surface area contributed by atoms with E-state index in [-0.39, 0.29) is 12.4 Å². The fraction of sp³-hybridized carbons (Fsp3) is 1.00. The van der Waals surface area contributed by atoms with E-state index in [2.05, 4.69) is 20.9 Å². The Balaban J connectivity index is 0. The first-order chi connectivity index (χ1) is 9.18. The molecule has 3 heteroatoms. The minimum Gasteiger partial charge on any atom is -1.00 e. The van der Waals surface area contributed by atoms with E-state index in [9.17, 15) is 0 Å². The lowest BCUT2D eigenvalue weighted by molar-refractivity contribution is -0.907. The molecule has 0 saturated heterocycles. The lowest BCUT2D eigenvalue weighted by Gasteiger charge is -2.34. The smallest absolute Gasteiger partial charge is 0.0922 e. The maximum atomic E-state index is 6.00. The summed E-state index contributed by atoms with van der Waals surface area (Å²) >= 11 is 6.00. The third-order valence-electron chi connectivity index (χ3n) is 4.23. The van der Waals surface area contributed by atoms with Crippen LogP contribution in [-0.2, 0) is 0 Å². The molecule has 0 amide bonds. The number of quaternary nitrogens is 1. The highest BCUT2D eigenvalue weighted by molar-refractivity contribution is 6.17. The van der Waals surface area contributed by atoms with E-state index in [1.165, 1.54) is 81.8 Å². The molecule has 0 aliphatic carbocycles. The molecule has 0 saturated carbocycles. The van der Waals surface area contributed by atoms with E-state index in [0.717, 1.165) is 12.4 Å². The Morgan fingerprint density at radius 1 is 0.650 bits per heavy atom. The second kappa shape index (κ2) is 15.9. The topological polar surface area (TPSA) is 0 Å². The van der Waals surface area contributed by atoms with Crippen molar-refractivity contribution >= 4 is 11.6 Å². The number of hydrogen-bond acceptors (Lipinski definition) is 0. The summed E-state index contributed by atoms with van der Waals surface area (Å²) in [6, 6.07) is 0. The van der Waals surface area contributed by atoms with E-state index < -0.39 is 0 Å². The largest absolute Gasteiger partial charge is 1.00 e. The van der Waals surface area contributed by atoms with Crippen LogP contribution in [0.1, 0.15) is 78.1 Å². The Kier molecular flexibility index (Phi) is 18.2. The summed E-state index contributed by atoms with van der Waals surface area (Å²) in [4.78, 5) is 0. The van der Waals surface area contributed by atoms with E-state index in [1.54, 1.807) is 0 Å². The van der Waals surface area contributed by atoms with Gasteiger partial charge < -0.3 is 16.9 Å². The predicted molar refractivity (Wildman–Crippen MR) is 89.0 cm³/mol. The second-order valence-corrected chi connectivity index (χ2v) is 6.69. The van der Waals surface area contributed by atoms with Gasteiger partial charge in [-0.1, -0.05) is 52.4 Å². The molecule has 0 aliphatic heterocycles. The zero-order valence-corrected chi connectivity index (χ0v) is 15.6. The van der Waals surface area contributed by atoms with Gasteiger partial charge in [-0.3, -0.25) is 0 Å². The zero-order chi connectivity index (χ0) is 14.4. The van der Waals surface area contributed by atoms with Crippen LogP contribution in [0.2, 0.25) is 0 Å². The number of unbranched alkanes of at least 4 members (excludes halogenated alkanes) is 8. The fourth-order valence-electron chi connectivity index (χ4n) is 2.73. The first kappa shape index (κ1) is 22.8. The lowest BCUT2D eigenvalue weighted by Crippen LogP contribution is -3.00. The van der Waals surface area contributed by atoms with Gasteiger partial charge in [-0.15, -0.1) is 11.6 Å². The molecule has 20 heavy (non-hydrogen) atoms. The molecular formula is C17H37Cl2N. The number of alkyl halides is 1. The summed E-state index contributed by atoms with van der Waals surface area (Å²) < 4.78 is 1.20. The van der Waals surface area contributed by atoms with Gasteiger partial charge >= 0.3 is 0 Å². The Labute approximate surface area is 139 Å². The molecule has 0 N–H and O–H groups in total. The van der Waals surface area contributed by atoms with Gasteiger partial charge in [0, 0.05) is 0 Å². The second-order valence-electron chi connectivity index (χ2n) is 6.31. The highest BCUT2D eigenvalue weighted by Crippen LogP contribution is 2.13. The molecule has 0 aromatic heterocycles. The normalized spacial score (nSPS) is 11.4. The molecular weight excluding hydrogens is 289 g/mol. The van der Waals surface area contributed by atoms with Crippen LogP contribution in [0.4, 0.5) is 0 Å². The van der Waals surface area contributed by atoms with Crippen molar-refractivity contribution in [3.05, 3.63) is 0 Å². The monoisotopic (exact) mass is 325 g/mol. The number of halogens is 2. The molecule has 0 aromatic carbocycles. The summed E-state index contributed by atoms with van der Waals surface area (Å²) in [5.74, 6) is 0.806. The average Bonchev–Trinajstić information content (AvgIpc) is 2.39. The fourth-order valence-corrected chi connectivity index (χ4v) is 3.14. The van der Waals surface area contributed by atoms with Crippen molar-refractivity contribution in [1.82, 2.24) is 0 Å². The van der Waals surface area contributed by atoms with Gasteiger partial charge in [-0.2, -0.15) is 0 Å². The van der Waals surface area contributed by atoms with Gasteiger partial charge in [0.25, 0.3) is 0 Å².